The second-order valence-electron chi connectivity index (χ2n) is 8.04. The average molecular weight is 467 g/mol. The summed E-state index contributed by atoms with van der Waals surface area (Å²) in [6, 6.07) is 1.43. The molecule has 1 unspecified atom stereocenters. The number of rotatable bonds is 4. The largest absolute Gasteiger partial charge is 0.466 e. The van der Waals surface area contributed by atoms with Crippen molar-refractivity contribution in [2.75, 3.05) is 30.8 Å². The Kier molecular flexibility index (Phi) is 5.07. The number of aromatic nitrogens is 4. The maximum atomic E-state index is 13.6. The fourth-order valence-electron chi connectivity index (χ4n) is 4.68. The van der Waals surface area contributed by atoms with E-state index < -0.39 is 11.7 Å². The second kappa shape index (κ2) is 7.80. The van der Waals surface area contributed by atoms with Gasteiger partial charge in [0.2, 0.25) is 5.13 Å². The summed E-state index contributed by atoms with van der Waals surface area (Å²) in [4.78, 5) is 25.1. The number of fused-ring (bicyclic) bond motifs is 2. The van der Waals surface area contributed by atoms with Gasteiger partial charge < -0.3 is 19.9 Å². The van der Waals surface area contributed by atoms with E-state index in [0.717, 1.165) is 17.7 Å². The average Bonchev–Trinajstić information content (AvgIpc) is 3.50. The van der Waals surface area contributed by atoms with Crippen molar-refractivity contribution in [3.05, 3.63) is 24.0 Å². The molecule has 4 heterocycles. The molecule has 1 aliphatic heterocycles. The number of carbonyl (C=O) groups is 1. The number of alkyl halides is 3. The molecule has 2 fully saturated rings. The van der Waals surface area contributed by atoms with Crippen molar-refractivity contribution in [2.45, 2.75) is 25.1 Å². The number of aromatic amines is 1. The summed E-state index contributed by atoms with van der Waals surface area (Å²) in [5, 5.41) is 6.64. The van der Waals surface area contributed by atoms with Gasteiger partial charge in [-0.3, -0.25) is 5.32 Å². The van der Waals surface area contributed by atoms with Crippen LogP contribution >= 0.6 is 11.5 Å². The Morgan fingerprint density at radius 3 is 2.72 bits per heavy atom. The number of methoxy groups -OCH3 is 1. The Labute approximate surface area is 184 Å². The summed E-state index contributed by atoms with van der Waals surface area (Å²) in [5.74, 6) is 0.445. The number of halogens is 3. The van der Waals surface area contributed by atoms with Crippen molar-refractivity contribution in [2.24, 2.45) is 11.8 Å². The lowest BCUT2D eigenvalue weighted by Crippen LogP contribution is -2.34. The minimum absolute atomic E-state index is 0.0635. The van der Waals surface area contributed by atoms with Crippen LogP contribution in [0.15, 0.2) is 18.5 Å². The van der Waals surface area contributed by atoms with Crippen molar-refractivity contribution in [1.29, 1.82) is 0 Å². The normalized spacial score (nSPS) is 22.9. The molecule has 2 aliphatic rings. The van der Waals surface area contributed by atoms with E-state index in [1.54, 1.807) is 17.2 Å². The van der Waals surface area contributed by atoms with E-state index >= 15 is 0 Å². The Morgan fingerprint density at radius 2 is 2.06 bits per heavy atom. The van der Waals surface area contributed by atoms with E-state index in [2.05, 4.69) is 30.0 Å². The van der Waals surface area contributed by atoms with Gasteiger partial charge in [-0.15, -0.1) is 4.37 Å². The molecule has 3 aromatic rings. The predicted molar refractivity (Wildman–Crippen MR) is 112 cm³/mol. The minimum Gasteiger partial charge on any atom is -0.466 e. The number of H-pyrrole nitrogens is 1. The van der Waals surface area contributed by atoms with E-state index in [9.17, 15) is 18.0 Å². The van der Waals surface area contributed by atoms with Gasteiger partial charge in [-0.2, -0.15) is 18.2 Å². The highest BCUT2D eigenvalue weighted by atomic mass is 32.1. The van der Waals surface area contributed by atoms with E-state index in [-0.39, 0.29) is 35.6 Å². The van der Waals surface area contributed by atoms with Crippen LogP contribution in [0.1, 0.15) is 18.4 Å². The topological polar surface area (TPSA) is 108 Å². The lowest BCUT2D eigenvalue weighted by molar-refractivity contribution is -0.137. The van der Waals surface area contributed by atoms with Crippen molar-refractivity contribution >= 4 is 39.4 Å². The maximum absolute atomic E-state index is 13.6. The zero-order valence-corrected chi connectivity index (χ0v) is 17.8. The molecule has 170 valence electrons. The third-order valence-electron chi connectivity index (χ3n) is 6.08. The van der Waals surface area contributed by atoms with E-state index in [1.165, 1.54) is 7.11 Å². The fraction of sp³-hybridized carbons (Fsp3) is 0.474. The highest BCUT2D eigenvalue weighted by Gasteiger charge is 2.43. The summed E-state index contributed by atoms with van der Waals surface area (Å²) in [6.45, 7) is 1.10. The molecule has 13 heteroatoms. The summed E-state index contributed by atoms with van der Waals surface area (Å²) < 4.78 is 49.6. The first-order valence-corrected chi connectivity index (χ1v) is 10.8. The molecule has 3 N–H and O–H groups in total. The molecule has 3 aromatic heterocycles. The summed E-state index contributed by atoms with van der Waals surface area (Å²) in [5.41, 5.74) is -0.293. The van der Waals surface area contributed by atoms with Crippen LogP contribution in [-0.4, -0.2) is 56.5 Å². The van der Waals surface area contributed by atoms with Gasteiger partial charge in [-0.1, -0.05) is 0 Å². The van der Waals surface area contributed by atoms with Crippen LogP contribution in [0.5, 0.6) is 6.01 Å². The van der Waals surface area contributed by atoms with E-state index in [1.807, 2.05) is 0 Å². The SMILES string of the molecule is COc1nsc(NC(=O)N2C[C@H]3CC(Nc4c(C(F)(F)F)cnc5[nH]ccc45)C[C@H]3C2)n1. The quantitative estimate of drug-likeness (QED) is 0.539. The fourth-order valence-corrected chi connectivity index (χ4v) is 5.21. The molecule has 0 radical (unpaired) electrons. The number of hydrogen-bond acceptors (Lipinski definition) is 7. The molecule has 32 heavy (non-hydrogen) atoms. The number of urea groups is 1. The lowest BCUT2D eigenvalue weighted by atomic mass is 10.0. The third kappa shape index (κ3) is 3.80. The minimum atomic E-state index is -4.50. The molecule has 1 saturated heterocycles. The Bertz CT molecular complexity index is 1130. The number of pyridine rings is 1. The van der Waals surface area contributed by atoms with Crippen LogP contribution in [-0.2, 0) is 6.18 Å². The van der Waals surface area contributed by atoms with E-state index in [0.29, 0.717) is 42.1 Å². The number of carbonyl (C=O) groups excluding carboxylic acids is 1. The number of ether oxygens (including phenoxy) is 1. The van der Waals surface area contributed by atoms with Crippen LogP contribution in [0, 0.1) is 11.8 Å². The number of nitrogens with zero attached hydrogens (tertiary/aromatic N) is 4. The van der Waals surface area contributed by atoms with Crippen LogP contribution in [0.4, 0.5) is 28.8 Å². The monoisotopic (exact) mass is 467 g/mol. The number of likely N-dealkylation sites (tertiary alicyclic amines) is 1. The third-order valence-corrected chi connectivity index (χ3v) is 6.70. The molecular weight excluding hydrogens is 447 g/mol. The van der Waals surface area contributed by atoms with Crippen LogP contribution in [0.25, 0.3) is 11.0 Å². The highest BCUT2D eigenvalue weighted by Crippen LogP contribution is 2.43. The number of hydrogen-bond donors (Lipinski definition) is 3. The Balaban J connectivity index is 1.25. The van der Waals surface area contributed by atoms with Crippen LogP contribution in [0.2, 0.25) is 0 Å². The molecule has 0 bridgehead atoms. The zero-order valence-electron chi connectivity index (χ0n) is 16.9. The molecule has 5 rings (SSSR count). The predicted octanol–water partition coefficient (Wildman–Crippen LogP) is 3.80. The molecule has 3 atom stereocenters. The summed E-state index contributed by atoms with van der Waals surface area (Å²) in [7, 11) is 1.45. The van der Waals surface area contributed by atoms with Gasteiger partial charge in [0.05, 0.1) is 18.4 Å². The molecule has 2 amide bonds. The van der Waals surface area contributed by atoms with Gasteiger partial charge in [-0.25, -0.2) is 9.78 Å². The highest BCUT2D eigenvalue weighted by molar-refractivity contribution is 7.10. The first-order valence-electron chi connectivity index (χ1n) is 10.0. The summed E-state index contributed by atoms with van der Waals surface area (Å²) >= 11 is 1.03. The van der Waals surface area contributed by atoms with Crippen molar-refractivity contribution < 1.29 is 22.7 Å². The smallest absolute Gasteiger partial charge is 0.419 e. The summed E-state index contributed by atoms with van der Waals surface area (Å²) in [6.07, 6.45) is -0.682. The first kappa shape index (κ1) is 20.8. The molecular formula is C19H20F3N7O2S. The van der Waals surface area contributed by atoms with Crippen molar-refractivity contribution in [3.8, 4) is 6.01 Å². The van der Waals surface area contributed by atoms with Gasteiger partial charge in [0, 0.05) is 48.4 Å². The van der Waals surface area contributed by atoms with Crippen molar-refractivity contribution in [3.63, 3.8) is 0 Å². The number of amides is 2. The van der Waals surface area contributed by atoms with Gasteiger partial charge in [-0.05, 0) is 30.7 Å². The first-order chi connectivity index (χ1) is 15.3. The maximum Gasteiger partial charge on any atom is 0.419 e. The second-order valence-corrected chi connectivity index (χ2v) is 8.79. The number of nitrogens with one attached hydrogen (secondary N) is 3. The molecule has 0 spiro atoms. The van der Waals surface area contributed by atoms with Crippen LogP contribution in [0.3, 0.4) is 0 Å². The molecule has 0 aromatic carbocycles. The lowest BCUT2D eigenvalue weighted by Gasteiger charge is -2.22. The Morgan fingerprint density at radius 1 is 1.31 bits per heavy atom. The van der Waals surface area contributed by atoms with Crippen molar-refractivity contribution in [1.82, 2.24) is 24.2 Å². The molecule has 9 nitrogen and oxygen atoms in total. The zero-order chi connectivity index (χ0) is 22.5. The Hall–Kier alpha value is -3.09. The number of anilines is 2. The van der Waals surface area contributed by atoms with Crippen LogP contribution < -0.4 is 15.4 Å². The molecule has 1 aliphatic carbocycles. The van der Waals surface area contributed by atoms with E-state index in [4.69, 9.17) is 4.74 Å². The van der Waals surface area contributed by atoms with Gasteiger partial charge in [0.25, 0.3) is 0 Å². The standard InChI is InChI=1S/C19H20F3N7O2S/c1-31-16-26-17(32-28-16)27-18(30)29-7-9-4-11(5-10(9)8-29)25-14-12-2-3-23-15(12)24-6-13(14)19(20,21)22/h2-3,6,9-11H,4-5,7-8H2,1H3,(H2,23,24,25)(H,26,27,28,30)/t9-,10+,11?. The molecule has 1 saturated carbocycles. The van der Waals surface area contributed by atoms with Gasteiger partial charge in [0.1, 0.15) is 5.65 Å². The van der Waals surface area contributed by atoms with Gasteiger partial charge in [0.15, 0.2) is 0 Å². The van der Waals surface area contributed by atoms with Gasteiger partial charge >= 0.3 is 18.2 Å².